The van der Waals surface area contributed by atoms with Crippen LogP contribution in [0.3, 0.4) is 0 Å². The fourth-order valence-corrected chi connectivity index (χ4v) is 3.23. The number of nitro groups is 1. The van der Waals surface area contributed by atoms with E-state index in [2.05, 4.69) is 10.4 Å². The quantitative estimate of drug-likeness (QED) is 0.252. The van der Waals surface area contributed by atoms with Crippen LogP contribution >= 0.6 is 11.6 Å². The van der Waals surface area contributed by atoms with Crippen molar-refractivity contribution in [2.24, 2.45) is 0 Å². The number of ether oxygens (including phenoxy) is 2. The van der Waals surface area contributed by atoms with Crippen LogP contribution in [0.1, 0.15) is 16.1 Å². The number of anilines is 1. The molecule has 0 atom stereocenters. The Balaban J connectivity index is 1.52. The minimum absolute atomic E-state index is 0.0199. The zero-order valence-corrected chi connectivity index (χ0v) is 18.7. The highest BCUT2D eigenvalue weighted by atomic mass is 35.5. The second-order valence-corrected chi connectivity index (χ2v) is 7.67. The average molecular weight is 479 g/mol. The predicted octanol–water partition coefficient (Wildman–Crippen LogP) is 5.83. The number of rotatable bonds is 8. The van der Waals surface area contributed by atoms with Gasteiger partial charge in [-0.3, -0.25) is 14.9 Å². The van der Waals surface area contributed by atoms with E-state index < -0.39 is 10.8 Å². The molecule has 34 heavy (non-hydrogen) atoms. The van der Waals surface area contributed by atoms with Gasteiger partial charge in [0.15, 0.2) is 6.73 Å². The first-order valence-corrected chi connectivity index (χ1v) is 10.5. The fourth-order valence-electron chi connectivity index (χ4n) is 3.11. The van der Waals surface area contributed by atoms with Crippen molar-refractivity contribution in [1.29, 1.82) is 0 Å². The Labute approximate surface area is 199 Å². The maximum atomic E-state index is 12.9. The normalized spacial score (nSPS) is 10.5. The largest absolute Gasteiger partial charge is 0.471 e. The summed E-state index contributed by atoms with van der Waals surface area (Å²) in [7, 11) is 0. The van der Waals surface area contributed by atoms with Gasteiger partial charge >= 0.3 is 0 Å². The number of nitrogens with one attached hydrogen (secondary N) is 1. The Hall–Kier alpha value is -4.37. The molecule has 0 aliphatic rings. The number of amides is 1. The summed E-state index contributed by atoms with van der Waals surface area (Å²) in [5.74, 6) is 0.818. The highest BCUT2D eigenvalue weighted by molar-refractivity contribution is 6.30. The van der Waals surface area contributed by atoms with E-state index >= 15 is 0 Å². The molecule has 0 spiro atoms. The van der Waals surface area contributed by atoms with Crippen molar-refractivity contribution < 1.29 is 19.2 Å². The van der Waals surface area contributed by atoms with Crippen LogP contribution in [0.4, 0.5) is 11.4 Å². The van der Waals surface area contributed by atoms with Crippen LogP contribution < -0.4 is 14.8 Å². The zero-order valence-electron chi connectivity index (χ0n) is 18.0. The number of hydrogen-bond donors (Lipinski definition) is 1. The van der Waals surface area contributed by atoms with Crippen molar-refractivity contribution in [1.82, 2.24) is 9.78 Å². The van der Waals surface area contributed by atoms with Gasteiger partial charge in [0, 0.05) is 23.4 Å². The summed E-state index contributed by atoms with van der Waals surface area (Å²) in [6, 6.07) is 19.6. The van der Waals surface area contributed by atoms with E-state index in [0.717, 1.165) is 5.56 Å². The number of para-hydroxylation sites is 1. The molecule has 0 aliphatic carbocycles. The number of nitrogens with zero attached hydrogens (tertiary/aromatic N) is 3. The lowest BCUT2D eigenvalue weighted by Crippen LogP contribution is -2.19. The molecule has 9 nitrogen and oxygen atoms in total. The van der Waals surface area contributed by atoms with Gasteiger partial charge in [-0.2, -0.15) is 5.10 Å². The SMILES string of the molecule is Cc1ccccc1Oc1cc(NC(=O)c2ccnn2COc2ccc(Cl)cc2)cc([N+](=O)[O-])c1. The fraction of sp³-hybridized carbons (Fsp3) is 0.0833. The summed E-state index contributed by atoms with van der Waals surface area (Å²) < 4.78 is 12.8. The number of nitro benzene ring substituents is 1. The molecule has 3 aromatic carbocycles. The Morgan fingerprint density at radius 2 is 1.85 bits per heavy atom. The van der Waals surface area contributed by atoms with Crippen LogP contribution in [0.2, 0.25) is 5.02 Å². The molecule has 0 fully saturated rings. The van der Waals surface area contributed by atoms with Crippen molar-refractivity contribution in [3.63, 3.8) is 0 Å². The Kier molecular flexibility index (Phi) is 6.74. The lowest BCUT2D eigenvalue weighted by Gasteiger charge is -2.12. The van der Waals surface area contributed by atoms with Gasteiger partial charge in [-0.1, -0.05) is 29.8 Å². The molecule has 1 aromatic heterocycles. The van der Waals surface area contributed by atoms with Crippen molar-refractivity contribution in [3.8, 4) is 17.2 Å². The third kappa shape index (κ3) is 5.51. The van der Waals surface area contributed by atoms with Gasteiger partial charge in [-0.25, -0.2) is 4.68 Å². The summed E-state index contributed by atoms with van der Waals surface area (Å²) in [5, 5.41) is 18.8. The third-order valence-electron chi connectivity index (χ3n) is 4.80. The number of aromatic nitrogens is 2. The van der Waals surface area contributed by atoms with Crippen LogP contribution in [0.25, 0.3) is 0 Å². The lowest BCUT2D eigenvalue weighted by atomic mass is 10.2. The molecule has 172 valence electrons. The van der Waals surface area contributed by atoms with E-state index in [1.807, 2.05) is 19.1 Å². The van der Waals surface area contributed by atoms with Crippen LogP contribution in [0, 0.1) is 17.0 Å². The minimum atomic E-state index is -0.551. The van der Waals surface area contributed by atoms with Crippen molar-refractivity contribution in [3.05, 3.63) is 105 Å². The first kappa shape index (κ1) is 22.8. The molecule has 10 heteroatoms. The zero-order chi connectivity index (χ0) is 24.1. The molecule has 1 N–H and O–H groups in total. The molecular formula is C24H19ClN4O5. The number of carbonyl (C=O) groups excluding carboxylic acids is 1. The van der Waals surface area contributed by atoms with Crippen LogP contribution in [-0.2, 0) is 6.73 Å². The van der Waals surface area contributed by atoms with Gasteiger partial charge in [0.25, 0.3) is 11.6 Å². The maximum absolute atomic E-state index is 12.9. The molecule has 0 aliphatic heterocycles. The Bertz CT molecular complexity index is 1340. The number of non-ortho nitro benzene ring substituents is 1. The van der Waals surface area contributed by atoms with E-state index in [1.165, 1.54) is 35.1 Å². The van der Waals surface area contributed by atoms with Crippen LogP contribution in [0.15, 0.2) is 79.0 Å². The summed E-state index contributed by atoms with van der Waals surface area (Å²) in [4.78, 5) is 23.8. The van der Waals surface area contributed by atoms with Gasteiger partial charge in [0.05, 0.1) is 16.7 Å². The monoisotopic (exact) mass is 478 g/mol. The Morgan fingerprint density at radius 1 is 1.09 bits per heavy atom. The molecule has 1 heterocycles. The van der Waals surface area contributed by atoms with Crippen LogP contribution in [0.5, 0.6) is 17.2 Å². The minimum Gasteiger partial charge on any atom is -0.471 e. The number of benzene rings is 3. The summed E-state index contributed by atoms with van der Waals surface area (Å²) in [6.07, 6.45) is 1.46. The predicted molar refractivity (Wildman–Crippen MR) is 127 cm³/mol. The lowest BCUT2D eigenvalue weighted by molar-refractivity contribution is -0.384. The number of aryl methyl sites for hydroxylation is 1. The molecule has 0 saturated carbocycles. The molecule has 1 amide bonds. The van der Waals surface area contributed by atoms with Crippen LogP contribution in [-0.4, -0.2) is 20.6 Å². The number of carbonyl (C=O) groups is 1. The summed E-state index contributed by atoms with van der Waals surface area (Å²) in [5.41, 5.74) is 1.06. The van der Waals surface area contributed by atoms with Crippen molar-refractivity contribution in [2.45, 2.75) is 13.7 Å². The maximum Gasteiger partial charge on any atom is 0.275 e. The van der Waals surface area contributed by atoms with Crippen molar-refractivity contribution >= 4 is 28.9 Å². The second kappa shape index (κ2) is 10.1. The summed E-state index contributed by atoms with van der Waals surface area (Å²) >= 11 is 5.87. The first-order valence-electron chi connectivity index (χ1n) is 10.1. The number of hydrogen-bond acceptors (Lipinski definition) is 6. The standard InChI is InChI=1S/C24H19ClN4O5/c1-16-4-2-3-5-23(16)34-21-13-18(12-19(14-21)29(31)32)27-24(30)22-10-11-26-28(22)15-33-20-8-6-17(25)7-9-20/h2-14H,15H2,1H3,(H,27,30). The molecule has 0 radical (unpaired) electrons. The highest BCUT2D eigenvalue weighted by Crippen LogP contribution is 2.31. The smallest absolute Gasteiger partial charge is 0.275 e. The molecule has 0 saturated heterocycles. The van der Waals surface area contributed by atoms with Gasteiger partial charge < -0.3 is 14.8 Å². The Morgan fingerprint density at radius 3 is 2.59 bits per heavy atom. The molecule has 4 rings (SSSR count). The van der Waals surface area contributed by atoms with E-state index in [-0.39, 0.29) is 29.5 Å². The van der Waals surface area contributed by atoms with Gasteiger partial charge in [0.1, 0.15) is 22.9 Å². The van der Waals surface area contributed by atoms with Gasteiger partial charge in [0.2, 0.25) is 0 Å². The molecule has 0 unspecified atom stereocenters. The molecule has 0 bridgehead atoms. The first-order chi connectivity index (χ1) is 16.4. The second-order valence-electron chi connectivity index (χ2n) is 7.24. The number of halogens is 1. The average Bonchev–Trinajstić information content (AvgIpc) is 3.29. The van der Waals surface area contributed by atoms with E-state index in [1.54, 1.807) is 36.4 Å². The van der Waals surface area contributed by atoms with E-state index in [9.17, 15) is 14.9 Å². The summed E-state index contributed by atoms with van der Waals surface area (Å²) in [6.45, 7) is 1.84. The van der Waals surface area contributed by atoms with Gasteiger partial charge in [-0.15, -0.1) is 0 Å². The van der Waals surface area contributed by atoms with E-state index in [0.29, 0.717) is 16.5 Å². The third-order valence-corrected chi connectivity index (χ3v) is 5.05. The van der Waals surface area contributed by atoms with Gasteiger partial charge in [-0.05, 0) is 48.9 Å². The van der Waals surface area contributed by atoms with Crippen molar-refractivity contribution in [2.75, 3.05) is 5.32 Å². The topological polar surface area (TPSA) is 109 Å². The molecule has 4 aromatic rings. The van der Waals surface area contributed by atoms with E-state index in [4.69, 9.17) is 21.1 Å². The highest BCUT2D eigenvalue weighted by Gasteiger charge is 2.17. The molecular weight excluding hydrogens is 460 g/mol.